The Labute approximate surface area is 71.8 Å². The van der Waals surface area contributed by atoms with Crippen LogP contribution in [0.2, 0.25) is 0 Å². The topological polar surface area (TPSA) is 40.5 Å². The Morgan fingerprint density at radius 1 is 1.82 bits per heavy atom. The molecular weight excluding hydrogens is 162 g/mol. The molecule has 0 aromatic rings. The molecule has 3 nitrogen and oxygen atoms in total. The lowest BCUT2D eigenvalue weighted by Crippen LogP contribution is -2.34. The van der Waals surface area contributed by atoms with Gasteiger partial charge in [-0.1, -0.05) is 0 Å². The molecule has 1 aliphatic heterocycles. The van der Waals surface area contributed by atoms with E-state index in [1.807, 2.05) is 0 Å². The van der Waals surface area contributed by atoms with Crippen LogP contribution >= 0.6 is 12.6 Å². The van der Waals surface area contributed by atoms with Crippen molar-refractivity contribution in [3.05, 3.63) is 0 Å². The van der Waals surface area contributed by atoms with E-state index in [9.17, 15) is 9.90 Å². The third kappa shape index (κ3) is 2.10. The Kier molecular flexibility index (Phi) is 2.44. The van der Waals surface area contributed by atoms with E-state index in [4.69, 9.17) is 0 Å². The van der Waals surface area contributed by atoms with Crippen LogP contribution in [-0.4, -0.2) is 40.4 Å². The molecule has 1 fully saturated rings. The highest BCUT2D eigenvalue weighted by Crippen LogP contribution is 2.19. The highest BCUT2D eigenvalue weighted by atomic mass is 32.1. The number of amides is 1. The molecular formula is C7H13NO2S. The second-order valence-corrected chi connectivity index (χ2v) is 3.54. The highest BCUT2D eigenvalue weighted by molar-refractivity contribution is 7.81. The molecule has 0 saturated carbocycles. The zero-order chi connectivity index (χ0) is 8.48. The Morgan fingerprint density at radius 2 is 2.45 bits per heavy atom. The highest BCUT2D eigenvalue weighted by Gasteiger charge is 2.33. The summed E-state index contributed by atoms with van der Waals surface area (Å²) in [5, 5.41) is 9.49. The van der Waals surface area contributed by atoms with Crippen LogP contribution in [0.15, 0.2) is 0 Å². The van der Waals surface area contributed by atoms with Crippen molar-refractivity contribution < 1.29 is 9.90 Å². The number of carbonyl (C=O) groups excluding carboxylic acids is 1. The van der Waals surface area contributed by atoms with E-state index in [1.165, 1.54) is 0 Å². The number of likely N-dealkylation sites (tertiary alicyclic amines) is 1. The normalized spacial score (nSPS) is 31.0. The Hall–Kier alpha value is -0.220. The van der Waals surface area contributed by atoms with Crippen LogP contribution in [0, 0.1) is 0 Å². The van der Waals surface area contributed by atoms with Crippen LogP contribution in [-0.2, 0) is 4.79 Å². The number of aliphatic hydroxyl groups is 1. The first-order valence-electron chi connectivity index (χ1n) is 3.66. The molecule has 1 atom stereocenters. The smallest absolute Gasteiger partial charge is 0.232 e. The number of β-amino-alcohol motifs (C(OH)–C–C–N with tert-alkyl or cyclic N) is 1. The summed E-state index contributed by atoms with van der Waals surface area (Å²) >= 11 is 3.87. The predicted octanol–water partition coefficient (Wildman–Crippen LogP) is -0.100. The molecule has 0 aromatic carbocycles. The summed E-state index contributed by atoms with van der Waals surface area (Å²) in [6.07, 6.45) is 0.673. The molecule has 1 amide bonds. The minimum atomic E-state index is -0.682. The summed E-state index contributed by atoms with van der Waals surface area (Å²) in [5.74, 6) is 0.238. The fourth-order valence-corrected chi connectivity index (χ4v) is 1.46. The molecule has 0 spiro atoms. The van der Waals surface area contributed by atoms with Crippen molar-refractivity contribution in [2.45, 2.75) is 18.9 Å². The van der Waals surface area contributed by atoms with Crippen molar-refractivity contribution in [2.24, 2.45) is 0 Å². The van der Waals surface area contributed by atoms with Gasteiger partial charge in [0.1, 0.15) is 0 Å². The lowest BCUT2D eigenvalue weighted by Gasteiger charge is -2.17. The molecule has 11 heavy (non-hydrogen) atoms. The van der Waals surface area contributed by atoms with Crippen molar-refractivity contribution in [3.63, 3.8) is 0 Å². The van der Waals surface area contributed by atoms with Gasteiger partial charge in [-0.05, 0) is 13.3 Å². The van der Waals surface area contributed by atoms with E-state index >= 15 is 0 Å². The Balaban J connectivity index is 2.48. The van der Waals surface area contributed by atoms with Gasteiger partial charge >= 0.3 is 0 Å². The quantitative estimate of drug-likeness (QED) is 0.546. The zero-order valence-corrected chi connectivity index (χ0v) is 7.47. The molecule has 1 rings (SSSR count). The number of rotatable bonds is 1. The summed E-state index contributed by atoms with van der Waals surface area (Å²) in [4.78, 5) is 12.7. The second-order valence-electron chi connectivity index (χ2n) is 3.22. The van der Waals surface area contributed by atoms with Crippen molar-refractivity contribution in [2.75, 3.05) is 18.8 Å². The van der Waals surface area contributed by atoms with Crippen molar-refractivity contribution >= 4 is 18.5 Å². The molecule has 1 N–H and O–H groups in total. The number of hydrogen-bond donors (Lipinski definition) is 2. The summed E-state index contributed by atoms with van der Waals surface area (Å²) in [6.45, 7) is 2.86. The van der Waals surface area contributed by atoms with E-state index < -0.39 is 5.60 Å². The fraction of sp³-hybridized carbons (Fsp3) is 0.857. The third-order valence-electron chi connectivity index (χ3n) is 1.94. The fourth-order valence-electron chi connectivity index (χ4n) is 1.26. The Bertz CT molecular complexity index is 170. The number of thiol groups is 1. The molecule has 64 valence electrons. The van der Waals surface area contributed by atoms with E-state index in [-0.39, 0.29) is 11.7 Å². The van der Waals surface area contributed by atoms with Crippen molar-refractivity contribution in [1.29, 1.82) is 0 Å². The van der Waals surface area contributed by atoms with Crippen molar-refractivity contribution in [3.8, 4) is 0 Å². The zero-order valence-electron chi connectivity index (χ0n) is 6.58. The van der Waals surface area contributed by atoms with Crippen LogP contribution in [0.4, 0.5) is 0 Å². The number of nitrogens with zero attached hydrogens (tertiary/aromatic N) is 1. The largest absolute Gasteiger partial charge is 0.388 e. The monoisotopic (exact) mass is 175 g/mol. The van der Waals surface area contributed by atoms with E-state index in [1.54, 1.807) is 11.8 Å². The average Bonchev–Trinajstić information content (AvgIpc) is 2.29. The molecule has 0 aliphatic carbocycles. The molecule has 1 unspecified atom stereocenters. The first kappa shape index (κ1) is 8.87. The van der Waals surface area contributed by atoms with Gasteiger partial charge in [-0.2, -0.15) is 12.6 Å². The molecule has 0 aromatic heterocycles. The second kappa shape index (κ2) is 3.03. The average molecular weight is 175 g/mol. The van der Waals surface area contributed by atoms with Crippen LogP contribution in [0.25, 0.3) is 0 Å². The summed E-state index contributed by atoms with van der Waals surface area (Å²) < 4.78 is 0. The van der Waals surface area contributed by atoms with Crippen LogP contribution in [0.5, 0.6) is 0 Å². The molecule has 1 heterocycles. The van der Waals surface area contributed by atoms with Gasteiger partial charge in [0.15, 0.2) is 0 Å². The molecule has 0 radical (unpaired) electrons. The first-order chi connectivity index (χ1) is 5.05. The molecule has 0 bridgehead atoms. The molecule has 1 aliphatic rings. The maximum atomic E-state index is 11.0. The lowest BCUT2D eigenvalue weighted by atomic mass is 10.1. The van der Waals surface area contributed by atoms with E-state index in [2.05, 4.69) is 12.6 Å². The number of carbonyl (C=O) groups is 1. The maximum Gasteiger partial charge on any atom is 0.232 e. The van der Waals surface area contributed by atoms with Gasteiger partial charge in [-0.3, -0.25) is 4.79 Å². The lowest BCUT2D eigenvalue weighted by molar-refractivity contribution is -0.128. The van der Waals surface area contributed by atoms with Gasteiger partial charge in [0.2, 0.25) is 5.91 Å². The summed E-state index contributed by atoms with van der Waals surface area (Å²) in [6, 6.07) is 0. The van der Waals surface area contributed by atoms with Crippen LogP contribution in [0.1, 0.15) is 13.3 Å². The SMILES string of the molecule is CC1(O)CCN(C(=O)CS)C1. The predicted molar refractivity (Wildman–Crippen MR) is 45.7 cm³/mol. The van der Waals surface area contributed by atoms with Gasteiger partial charge in [-0.15, -0.1) is 0 Å². The van der Waals surface area contributed by atoms with Gasteiger partial charge in [-0.25, -0.2) is 0 Å². The van der Waals surface area contributed by atoms with Gasteiger partial charge in [0.25, 0.3) is 0 Å². The standard InChI is InChI=1S/C7H13NO2S/c1-7(10)2-3-8(5-7)6(9)4-11/h10-11H,2-5H2,1H3. The van der Waals surface area contributed by atoms with Gasteiger partial charge in [0.05, 0.1) is 11.4 Å². The van der Waals surface area contributed by atoms with Gasteiger partial charge in [0, 0.05) is 13.1 Å². The molecule has 4 heteroatoms. The summed E-state index contributed by atoms with van der Waals surface area (Å²) in [5.41, 5.74) is -0.682. The van der Waals surface area contributed by atoms with Crippen LogP contribution < -0.4 is 0 Å². The maximum absolute atomic E-state index is 11.0. The van der Waals surface area contributed by atoms with E-state index in [0.717, 1.165) is 0 Å². The molecule has 1 saturated heterocycles. The third-order valence-corrected chi connectivity index (χ3v) is 2.21. The minimum absolute atomic E-state index is 0.00566. The van der Waals surface area contributed by atoms with Crippen LogP contribution in [0.3, 0.4) is 0 Å². The first-order valence-corrected chi connectivity index (χ1v) is 4.29. The minimum Gasteiger partial charge on any atom is -0.388 e. The number of hydrogen-bond acceptors (Lipinski definition) is 3. The summed E-state index contributed by atoms with van der Waals surface area (Å²) in [7, 11) is 0. The Morgan fingerprint density at radius 3 is 2.82 bits per heavy atom. The van der Waals surface area contributed by atoms with Gasteiger partial charge < -0.3 is 10.0 Å². The van der Waals surface area contributed by atoms with E-state index in [0.29, 0.717) is 19.5 Å². The van der Waals surface area contributed by atoms with Crippen molar-refractivity contribution in [1.82, 2.24) is 4.90 Å².